The number of thiophene rings is 1. The largest absolute Gasteiger partial charge is 0.454 e. The Morgan fingerprint density at radius 2 is 1.42 bits per heavy atom. The highest BCUT2D eigenvalue weighted by Gasteiger charge is 2.25. The lowest BCUT2D eigenvalue weighted by molar-refractivity contribution is 0.671. The van der Waals surface area contributed by atoms with Crippen LogP contribution < -0.4 is 0 Å². The summed E-state index contributed by atoms with van der Waals surface area (Å²) in [7, 11) is 0. The molecular formula is C29H16N2OS. The van der Waals surface area contributed by atoms with E-state index in [1.54, 1.807) is 0 Å². The molecule has 33 heavy (non-hydrogen) atoms. The van der Waals surface area contributed by atoms with Gasteiger partial charge in [-0.3, -0.25) is 4.57 Å². The smallest absolute Gasteiger partial charge is 0.161 e. The van der Waals surface area contributed by atoms with Crippen molar-refractivity contribution in [3.8, 4) is 5.82 Å². The summed E-state index contributed by atoms with van der Waals surface area (Å²) in [6, 6.07) is 31.8. The van der Waals surface area contributed by atoms with Gasteiger partial charge in [0, 0.05) is 47.9 Å². The summed E-state index contributed by atoms with van der Waals surface area (Å²) in [5.74, 6) is 0.893. The summed E-state index contributed by atoms with van der Waals surface area (Å²) < 4.78 is 11.5. The summed E-state index contributed by atoms with van der Waals surface area (Å²) in [5.41, 5.74) is 4.05. The van der Waals surface area contributed by atoms with Crippen LogP contribution in [0.4, 0.5) is 0 Å². The van der Waals surface area contributed by atoms with Gasteiger partial charge in [0.15, 0.2) is 5.58 Å². The van der Waals surface area contributed by atoms with Gasteiger partial charge in [-0.25, -0.2) is 4.98 Å². The van der Waals surface area contributed by atoms with Gasteiger partial charge in [0.25, 0.3) is 0 Å². The van der Waals surface area contributed by atoms with Gasteiger partial charge in [0.2, 0.25) is 0 Å². The van der Waals surface area contributed by atoms with Crippen LogP contribution in [-0.2, 0) is 0 Å². The third-order valence-electron chi connectivity index (χ3n) is 6.64. The van der Waals surface area contributed by atoms with Crippen molar-refractivity contribution in [1.29, 1.82) is 0 Å². The summed E-state index contributed by atoms with van der Waals surface area (Å²) in [6.07, 6.45) is 1.85. The van der Waals surface area contributed by atoms with Gasteiger partial charge in [-0.15, -0.1) is 11.3 Å². The molecule has 0 atom stereocenters. The van der Waals surface area contributed by atoms with E-state index in [1.165, 1.54) is 36.3 Å². The van der Waals surface area contributed by atoms with Crippen LogP contribution in [0.3, 0.4) is 0 Å². The average Bonchev–Trinajstić information content (AvgIpc) is 3.54. The normalized spacial score (nSPS) is 12.2. The van der Waals surface area contributed by atoms with E-state index >= 15 is 0 Å². The van der Waals surface area contributed by atoms with Gasteiger partial charge in [-0.1, -0.05) is 60.7 Å². The number of pyridine rings is 1. The first kappa shape index (κ1) is 17.4. The lowest BCUT2D eigenvalue weighted by Gasteiger charge is -2.07. The molecule has 0 bridgehead atoms. The molecule has 4 heterocycles. The molecule has 0 N–H and O–H groups in total. The van der Waals surface area contributed by atoms with Gasteiger partial charge in [-0.2, -0.15) is 0 Å². The van der Waals surface area contributed by atoms with Crippen LogP contribution in [0.5, 0.6) is 0 Å². The van der Waals surface area contributed by atoms with Gasteiger partial charge in [-0.05, 0) is 30.3 Å². The van der Waals surface area contributed by atoms with Gasteiger partial charge in [0.1, 0.15) is 11.4 Å². The molecule has 8 aromatic rings. The number of para-hydroxylation sites is 2. The molecule has 4 aromatic heterocycles. The zero-order valence-electron chi connectivity index (χ0n) is 17.4. The van der Waals surface area contributed by atoms with E-state index < -0.39 is 0 Å². The zero-order valence-corrected chi connectivity index (χ0v) is 18.3. The van der Waals surface area contributed by atoms with Gasteiger partial charge in [0.05, 0.1) is 11.0 Å². The Hall–Kier alpha value is -4.15. The van der Waals surface area contributed by atoms with Crippen LogP contribution in [0.25, 0.3) is 69.7 Å². The topological polar surface area (TPSA) is 31.0 Å². The van der Waals surface area contributed by atoms with Crippen molar-refractivity contribution in [2.24, 2.45) is 0 Å². The minimum Gasteiger partial charge on any atom is -0.454 e. The third kappa shape index (κ3) is 2.16. The maximum atomic E-state index is 6.62. The van der Waals surface area contributed by atoms with Crippen molar-refractivity contribution in [2.75, 3.05) is 0 Å². The second-order valence-corrected chi connectivity index (χ2v) is 9.42. The molecule has 0 amide bonds. The lowest BCUT2D eigenvalue weighted by atomic mass is 10.0. The summed E-state index contributed by atoms with van der Waals surface area (Å²) >= 11 is 1.85. The molecule has 0 aliphatic rings. The van der Waals surface area contributed by atoms with E-state index in [4.69, 9.17) is 9.40 Å². The van der Waals surface area contributed by atoms with Crippen molar-refractivity contribution >= 4 is 75.3 Å². The van der Waals surface area contributed by atoms with E-state index in [-0.39, 0.29) is 0 Å². The SMILES string of the molecule is c1ccc(-n2c3ccccc3c3c4c5ccccc5sc4c4c5ccccc5oc4c32)nc1. The maximum absolute atomic E-state index is 6.62. The Balaban J connectivity index is 1.80. The first-order chi connectivity index (χ1) is 16.4. The molecule has 0 saturated heterocycles. The first-order valence-corrected chi connectivity index (χ1v) is 11.8. The Bertz CT molecular complexity index is 2030. The molecule has 0 spiro atoms. The molecule has 154 valence electrons. The Morgan fingerprint density at radius 3 is 2.30 bits per heavy atom. The number of hydrogen-bond donors (Lipinski definition) is 0. The zero-order chi connectivity index (χ0) is 21.5. The van der Waals surface area contributed by atoms with Crippen molar-refractivity contribution < 1.29 is 4.42 Å². The van der Waals surface area contributed by atoms with Crippen molar-refractivity contribution in [3.63, 3.8) is 0 Å². The maximum Gasteiger partial charge on any atom is 0.161 e. The lowest BCUT2D eigenvalue weighted by Crippen LogP contribution is -1.96. The highest BCUT2D eigenvalue weighted by Crippen LogP contribution is 2.50. The first-order valence-electron chi connectivity index (χ1n) is 11.0. The van der Waals surface area contributed by atoms with Crippen LogP contribution in [-0.4, -0.2) is 9.55 Å². The molecule has 3 nitrogen and oxygen atoms in total. The van der Waals surface area contributed by atoms with E-state index in [0.717, 1.165) is 33.4 Å². The third-order valence-corrected chi connectivity index (χ3v) is 7.82. The number of fused-ring (bicyclic) bond motifs is 12. The van der Waals surface area contributed by atoms with Crippen molar-refractivity contribution in [2.45, 2.75) is 0 Å². The standard InChI is InChI=1S/C29H16N2OS/c1-4-12-20-17(9-1)24-25-19-11-3-6-14-22(19)33-29(25)26-18-10-2-5-13-21(18)32-28(26)27(24)31(20)23-15-7-8-16-30-23/h1-16H. The number of nitrogens with zero attached hydrogens (tertiary/aromatic N) is 2. The Labute approximate surface area is 192 Å². The summed E-state index contributed by atoms with van der Waals surface area (Å²) in [6.45, 7) is 0. The molecule has 0 radical (unpaired) electrons. The molecular weight excluding hydrogens is 424 g/mol. The second-order valence-electron chi connectivity index (χ2n) is 8.37. The van der Waals surface area contributed by atoms with Crippen LogP contribution in [0.1, 0.15) is 0 Å². The van der Waals surface area contributed by atoms with E-state index in [2.05, 4.69) is 77.4 Å². The number of rotatable bonds is 1. The fraction of sp³-hybridized carbons (Fsp3) is 0. The Kier molecular flexibility index (Phi) is 3.28. The molecule has 4 aromatic carbocycles. The number of benzene rings is 4. The highest BCUT2D eigenvalue weighted by atomic mass is 32.1. The fourth-order valence-electron chi connectivity index (χ4n) is 5.34. The molecule has 0 saturated carbocycles. The average molecular weight is 441 g/mol. The van der Waals surface area contributed by atoms with E-state index in [1.807, 2.05) is 35.7 Å². The van der Waals surface area contributed by atoms with Crippen LogP contribution in [0, 0.1) is 0 Å². The fourth-order valence-corrected chi connectivity index (χ4v) is 6.60. The van der Waals surface area contributed by atoms with E-state index in [9.17, 15) is 0 Å². The molecule has 0 aliphatic heterocycles. The predicted octanol–water partition coefficient (Wildman–Crippen LogP) is 8.45. The monoisotopic (exact) mass is 440 g/mol. The highest BCUT2D eigenvalue weighted by molar-refractivity contribution is 7.27. The van der Waals surface area contributed by atoms with Crippen LogP contribution >= 0.6 is 11.3 Å². The summed E-state index contributed by atoms with van der Waals surface area (Å²) in [5, 5.41) is 7.39. The molecule has 0 aliphatic carbocycles. The summed E-state index contributed by atoms with van der Waals surface area (Å²) in [4.78, 5) is 4.74. The second kappa shape index (κ2) is 6.21. The minimum atomic E-state index is 0.893. The minimum absolute atomic E-state index is 0.893. The van der Waals surface area contributed by atoms with Crippen molar-refractivity contribution in [1.82, 2.24) is 9.55 Å². The van der Waals surface area contributed by atoms with Crippen LogP contribution in [0.15, 0.2) is 102 Å². The molecule has 0 unspecified atom stereocenters. The van der Waals surface area contributed by atoms with Crippen LogP contribution in [0.2, 0.25) is 0 Å². The van der Waals surface area contributed by atoms with Gasteiger partial charge >= 0.3 is 0 Å². The molecule has 4 heteroatoms. The molecule has 0 fully saturated rings. The predicted molar refractivity (Wildman–Crippen MR) is 139 cm³/mol. The Morgan fingerprint density at radius 1 is 0.667 bits per heavy atom. The quantitative estimate of drug-likeness (QED) is 0.256. The van der Waals surface area contributed by atoms with Gasteiger partial charge < -0.3 is 4.42 Å². The van der Waals surface area contributed by atoms with Crippen molar-refractivity contribution in [3.05, 3.63) is 97.2 Å². The molecule has 8 rings (SSSR count). The number of aromatic nitrogens is 2. The number of hydrogen-bond acceptors (Lipinski definition) is 3. The van der Waals surface area contributed by atoms with E-state index in [0.29, 0.717) is 0 Å². The number of furan rings is 1.